The summed E-state index contributed by atoms with van der Waals surface area (Å²) in [4.78, 5) is 22.6. The second-order valence-electron chi connectivity index (χ2n) is 5.68. The summed E-state index contributed by atoms with van der Waals surface area (Å²) in [5, 5.41) is 11.8. The van der Waals surface area contributed by atoms with E-state index in [1.807, 2.05) is 13.8 Å². The molecule has 0 unspecified atom stereocenters. The summed E-state index contributed by atoms with van der Waals surface area (Å²) in [6.07, 6.45) is 3.02. The molecule has 1 rings (SSSR count). The maximum atomic E-state index is 11.9. The normalized spacial score (nSPS) is 11.2. The zero-order valence-corrected chi connectivity index (χ0v) is 12.4. The monoisotopic (exact) mass is 277 g/mol. The molecule has 0 spiro atoms. The zero-order chi connectivity index (χ0) is 15.2. The first-order valence-corrected chi connectivity index (χ1v) is 6.97. The molecule has 0 radical (unpaired) electrons. The van der Waals surface area contributed by atoms with Gasteiger partial charge in [0.25, 0.3) is 0 Å². The van der Waals surface area contributed by atoms with E-state index in [2.05, 4.69) is 12.2 Å². The molecule has 0 fully saturated rings. The first-order valence-electron chi connectivity index (χ1n) is 6.97. The number of carboxylic acid groups (broad SMARTS) is 1. The van der Waals surface area contributed by atoms with E-state index in [1.165, 1.54) is 0 Å². The van der Waals surface area contributed by atoms with Crippen LogP contribution in [0, 0.1) is 0 Å². The van der Waals surface area contributed by atoms with Crippen molar-refractivity contribution in [1.82, 2.24) is 5.32 Å². The van der Waals surface area contributed by atoms with Crippen LogP contribution >= 0.6 is 0 Å². The maximum Gasteiger partial charge on any atom is 0.335 e. The van der Waals surface area contributed by atoms with Crippen LogP contribution in [-0.2, 0) is 11.2 Å². The van der Waals surface area contributed by atoms with E-state index in [4.69, 9.17) is 5.11 Å². The van der Waals surface area contributed by atoms with Gasteiger partial charge in [-0.25, -0.2) is 4.79 Å². The molecule has 1 amide bonds. The molecule has 0 atom stereocenters. The third-order valence-electron chi connectivity index (χ3n) is 3.19. The van der Waals surface area contributed by atoms with Gasteiger partial charge in [0.15, 0.2) is 0 Å². The Morgan fingerprint density at radius 1 is 1.20 bits per heavy atom. The van der Waals surface area contributed by atoms with Crippen molar-refractivity contribution in [2.24, 2.45) is 0 Å². The minimum absolute atomic E-state index is 0.0331. The molecular weight excluding hydrogens is 254 g/mol. The highest BCUT2D eigenvalue weighted by atomic mass is 16.4. The second-order valence-corrected chi connectivity index (χ2v) is 5.68. The quantitative estimate of drug-likeness (QED) is 0.805. The molecule has 2 N–H and O–H groups in total. The standard InChI is InChI=1S/C16H23NO3/c1-4-11-16(2,3)17-14(18)10-7-12-5-8-13(9-6-12)15(19)20/h5-6,8-9H,4,7,10-11H2,1-3H3,(H,17,18)(H,19,20). The Morgan fingerprint density at radius 2 is 1.80 bits per heavy atom. The fraction of sp³-hybridized carbons (Fsp3) is 0.500. The van der Waals surface area contributed by atoms with Gasteiger partial charge in [0.2, 0.25) is 5.91 Å². The van der Waals surface area contributed by atoms with Crippen LogP contribution in [0.4, 0.5) is 0 Å². The molecule has 110 valence electrons. The summed E-state index contributed by atoms with van der Waals surface area (Å²) in [6, 6.07) is 6.65. The molecule has 0 aliphatic rings. The van der Waals surface area contributed by atoms with Crippen LogP contribution in [0.1, 0.15) is 56.0 Å². The third kappa shape index (κ3) is 5.43. The Hall–Kier alpha value is -1.84. The lowest BCUT2D eigenvalue weighted by molar-refractivity contribution is -0.122. The van der Waals surface area contributed by atoms with Crippen LogP contribution in [0.3, 0.4) is 0 Å². The molecule has 0 heterocycles. The van der Waals surface area contributed by atoms with Crippen molar-refractivity contribution in [3.8, 4) is 0 Å². The predicted octanol–water partition coefficient (Wildman–Crippen LogP) is 3.01. The number of carboxylic acids is 1. The molecule has 20 heavy (non-hydrogen) atoms. The third-order valence-corrected chi connectivity index (χ3v) is 3.19. The minimum Gasteiger partial charge on any atom is -0.478 e. The molecule has 0 aromatic heterocycles. The van der Waals surface area contributed by atoms with Crippen molar-refractivity contribution >= 4 is 11.9 Å². The van der Waals surface area contributed by atoms with Crippen LogP contribution < -0.4 is 5.32 Å². The molecule has 0 saturated heterocycles. The van der Waals surface area contributed by atoms with Gasteiger partial charge in [0.05, 0.1) is 5.56 Å². The molecule has 0 aliphatic carbocycles. The summed E-state index contributed by atoms with van der Waals surface area (Å²) < 4.78 is 0. The van der Waals surface area contributed by atoms with Gasteiger partial charge in [-0.2, -0.15) is 0 Å². The number of aromatic carboxylic acids is 1. The Kier molecular flexibility index (Phi) is 5.74. The molecule has 1 aromatic carbocycles. The lowest BCUT2D eigenvalue weighted by atomic mass is 9.98. The number of hydrogen-bond acceptors (Lipinski definition) is 2. The van der Waals surface area contributed by atoms with Crippen molar-refractivity contribution in [3.05, 3.63) is 35.4 Å². The molecule has 0 bridgehead atoms. The van der Waals surface area contributed by atoms with E-state index in [0.29, 0.717) is 12.8 Å². The number of amides is 1. The molecule has 4 heteroatoms. The van der Waals surface area contributed by atoms with Gasteiger partial charge < -0.3 is 10.4 Å². The molecule has 0 saturated carbocycles. The second kappa shape index (κ2) is 7.08. The number of carbonyl (C=O) groups is 2. The predicted molar refractivity (Wildman–Crippen MR) is 78.9 cm³/mol. The Morgan fingerprint density at radius 3 is 2.30 bits per heavy atom. The highest BCUT2D eigenvalue weighted by Crippen LogP contribution is 2.12. The molecular formula is C16H23NO3. The van der Waals surface area contributed by atoms with Crippen LogP contribution in [0.2, 0.25) is 0 Å². The van der Waals surface area contributed by atoms with Gasteiger partial charge >= 0.3 is 5.97 Å². The number of hydrogen-bond donors (Lipinski definition) is 2. The first-order chi connectivity index (χ1) is 9.34. The summed E-state index contributed by atoms with van der Waals surface area (Å²) in [5.74, 6) is -0.902. The Labute approximate surface area is 120 Å². The van der Waals surface area contributed by atoms with Gasteiger partial charge in [0.1, 0.15) is 0 Å². The average Bonchev–Trinajstić information content (AvgIpc) is 2.36. The molecule has 1 aromatic rings. The van der Waals surface area contributed by atoms with Crippen LogP contribution in [0.25, 0.3) is 0 Å². The Bertz CT molecular complexity index is 463. The molecule has 4 nitrogen and oxygen atoms in total. The van der Waals surface area contributed by atoms with Crippen LogP contribution in [0.15, 0.2) is 24.3 Å². The number of carbonyl (C=O) groups excluding carboxylic acids is 1. The van der Waals surface area contributed by atoms with Gasteiger partial charge in [-0.15, -0.1) is 0 Å². The van der Waals surface area contributed by atoms with E-state index in [0.717, 1.165) is 18.4 Å². The lowest BCUT2D eigenvalue weighted by Crippen LogP contribution is -2.43. The summed E-state index contributed by atoms with van der Waals surface area (Å²) >= 11 is 0. The fourth-order valence-electron chi connectivity index (χ4n) is 2.20. The van der Waals surface area contributed by atoms with Crippen molar-refractivity contribution in [1.29, 1.82) is 0 Å². The Balaban J connectivity index is 2.46. The lowest BCUT2D eigenvalue weighted by Gasteiger charge is -2.25. The summed E-state index contributed by atoms with van der Waals surface area (Å²) in [5.41, 5.74) is 1.07. The van der Waals surface area contributed by atoms with E-state index in [-0.39, 0.29) is 17.0 Å². The van der Waals surface area contributed by atoms with Crippen LogP contribution in [-0.4, -0.2) is 22.5 Å². The van der Waals surface area contributed by atoms with Gasteiger partial charge in [-0.3, -0.25) is 4.79 Å². The van der Waals surface area contributed by atoms with E-state index in [1.54, 1.807) is 24.3 Å². The smallest absolute Gasteiger partial charge is 0.335 e. The number of rotatable bonds is 7. The average molecular weight is 277 g/mol. The summed E-state index contributed by atoms with van der Waals surface area (Å²) in [6.45, 7) is 6.14. The highest BCUT2D eigenvalue weighted by Gasteiger charge is 2.18. The maximum absolute atomic E-state index is 11.9. The highest BCUT2D eigenvalue weighted by molar-refractivity contribution is 5.87. The number of nitrogens with one attached hydrogen (secondary N) is 1. The summed E-state index contributed by atoms with van der Waals surface area (Å²) in [7, 11) is 0. The van der Waals surface area contributed by atoms with E-state index < -0.39 is 5.97 Å². The molecule has 0 aliphatic heterocycles. The van der Waals surface area contributed by atoms with Crippen molar-refractivity contribution in [3.63, 3.8) is 0 Å². The van der Waals surface area contributed by atoms with Crippen molar-refractivity contribution in [2.75, 3.05) is 0 Å². The first kappa shape index (κ1) is 16.2. The van der Waals surface area contributed by atoms with E-state index in [9.17, 15) is 9.59 Å². The van der Waals surface area contributed by atoms with Crippen molar-refractivity contribution < 1.29 is 14.7 Å². The number of benzene rings is 1. The topological polar surface area (TPSA) is 66.4 Å². The fourth-order valence-corrected chi connectivity index (χ4v) is 2.20. The minimum atomic E-state index is -0.935. The van der Waals surface area contributed by atoms with Gasteiger partial charge in [-0.05, 0) is 44.4 Å². The van der Waals surface area contributed by atoms with Crippen LogP contribution in [0.5, 0.6) is 0 Å². The SMILES string of the molecule is CCCC(C)(C)NC(=O)CCc1ccc(C(=O)O)cc1. The van der Waals surface area contributed by atoms with Crippen molar-refractivity contribution in [2.45, 2.75) is 52.0 Å². The zero-order valence-electron chi connectivity index (χ0n) is 12.4. The van der Waals surface area contributed by atoms with E-state index >= 15 is 0 Å². The van der Waals surface area contributed by atoms with Gasteiger partial charge in [0, 0.05) is 12.0 Å². The number of aryl methyl sites for hydroxylation is 1. The largest absolute Gasteiger partial charge is 0.478 e. The van der Waals surface area contributed by atoms with Gasteiger partial charge in [-0.1, -0.05) is 25.5 Å².